The number of nitrogens with one attached hydrogen (secondary N) is 1. The second kappa shape index (κ2) is 9.85. The van der Waals surface area contributed by atoms with Gasteiger partial charge in [0, 0.05) is 24.7 Å². The quantitative estimate of drug-likeness (QED) is 0.358. The summed E-state index contributed by atoms with van der Waals surface area (Å²) >= 11 is 0. The molecule has 1 aromatic carbocycles. The Labute approximate surface area is 189 Å². The maximum atomic E-state index is 12.5. The lowest BCUT2D eigenvalue weighted by Gasteiger charge is -2.19. The molecule has 0 bridgehead atoms. The molecule has 0 aliphatic heterocycles. The lowest BCUT2D eigenvalue weighted by atomic mass is 10.1. The fourth-order valence-electron chi connectivity index (χ4n) is 3.15. The number of nitrogens with zero attached hydrogens (tertiary/aromatic N) is 5. The average Bonchev–Trinajstić information content (AvgIpc) is 2.76. The van der Waals surface area contributed by atoms with E-state index >= 15 is 0 Å². The lowest BCUT2D eigenvalue weighted by Crippen LogP contribution is -2.40. The first-order valence-corrected chi connectivity index (χ1v) is 10.0. The van der Waals surface area contributed by atoms with Gasteiger partial charge in [-0.15, -0.1) is 0 Å². The molecule has 0 radical (unpaired) electrons. The number of carbonyl (C=O) groups excluding carboxylic acids is 2. The molecule has 0 aliphatic rings. The Balaban J connectivity index is 1.67. The summed E-state index contributed by atoms with van der Waals surface area (Å²) < 4.78 is 0. The van der Waals surface area contributed by atoms with Crippen LogP contribution in [0.2, 0.25) is 0 Å². The van der Waals surface area contributed by atoms with Crippen molar-refractivity contribution in [2.75, 3.05) is 23.4 Å². The van der Waals surface area contributed by atoms with Gasteiger partial charge in [-0.2, -0.15) is 9.97 Å². The van der Waals surface area contributed by atoms with Crippen molar-refractivity contribution in [3.63, 3.8) is 0 Å². The number of ketones is 1. The third-order valence-corrected chi connectivity index (χ3v) is 4.91. The van der Waals surface area contributed by atoms with E-state index in [1.807, 2.05) is 11.9 Å². The highest BCUT2D eigenvalue weighted by atomic mass is 16.4. The number of fused-ring (bicyclic) bond motifs is 1. The molecule has 3 aromatic rings. The summed E-state index contributed by atoms with van der Waals surface area (Å²) in [5.41, 5.74) is 13.9. The molecule has 3 rings (SSSR count). The molecule has 0 fully saturated rings. The topological polar surface area (TPSA) is 190 Å². The minimum absolute atomic E-state index is 0.0276. The fraction of sp³-hybridized carbons (Fsp3) is 0.286. The normalized spacial score (nSPS) is 11.7. The lowest BCUT2D eigenvalue weighted by molar-refractivity contribution is -0.137. The zero-order chi connectivity index (χ0) is 24.1. The van der Waals surface area contributed by atoms with Gasteiger partial charge in [0.1, 0.15) is 0 Å². The van der Waals surface area contributed by atoms with Crippen LogP contribution in [0.5, 0.6) is 0 Å². The Hall–Kier alpha value is -4.35. The van der Waals surface area contributed by atoms with E-state index in [4.69, 9.17) is 16.6 Å². The van der Waals surface area contributed by atoms with Gasteiger partial charge in [0.25, 0.3) is 5.91 Å². The molecule has 6 N–H and O–H groups in total. The summed E-state index contributed by atoms with van der Waals surface area (Å²) in [6.07, 6.45) is 1.40. The molecule has 12 nitrogen and oxygen atoms in total. The second-order valence-corrected chi connectivity index (χ2v) is 7.47. The number of hydrogen-bond acceptors (Lipinski definition) is 10. The first-order valence-electron chi connectivity index (χ1n) is 10.0. The van der Waals surface area contributed by atoms with E-state index in [1.54, 1.807) is 30.5 Å². The van der Waals surface area contributed by atoms with E-state index in [1.165, 1.54) is 6.92 Å². The van der Waals surface area contributed by atoms with Crippen LogP contribution in [0.1, 0.15) is 35.8 Å². The van der Waals surface area contributed by atoms with Crippen LogP contribution in [0.25, 0.3) is 11.2 Å². The van der Waals surface area contributed by atoms with Crippen molar-refractivity contribution in [3.8, 4) is 0 Å². The van der Waals surface area contributed by atoms with E-state index in [0.717, 1.165) is 5.69 Å². The Morgan fingerprint density at radius 2 is 1.82 bits per heavy atom. The van der Waals surface area contributed by atoms with Gasteiger partial charge in [0.05, 0.1) is 24.5 Å². The number of rotatable bonds is 9. The number of aliphatic carboxylic acids is 1. The molecular formula is C21H24N8O4. The molecule has 0 saturated carbocycles. The van der Waals surface area contributed by atoms with Gasteiger partial charge >= 0.3 is 5.97 Å². The van der Waals surface area contributed by atoms with Gasteiger partial charge in [-0.05, 0) is 37.6 Å². The summed E-state index contributed by atoms with van der Waals surface area (Å²) in [6, 6.07) is 5.89. The number of carbonyl (C=O) groups is 3. The molecule has 1 unspecified atom stereocenters. The molecule has 172 valence electrons. The van der Waals surface area contributed by atoms with Crippen LogP contribution in [0.3, 0.4) is 0 Å². The number of anilines is 3. The minimum atomic E-state index is -1.03. The number of benzene rings is 1. The Morgan fingerprint density at radius 3 is 2.45 bits per heavy atom. The highest BCUT2D eigenvalue weighted by Gasteiger charge is 2.19. The summed E-state index contributed by atoms with van der Waals surface area (Å²) in [5.74, 6) is -1.61. The second-order valence-electron chi connectivity index (χ2n) is 7.47. The van der Waals surface area contributed by atoms with E-state index < -0.39 is 17.9 Å². The van der Waals surface area contributed by atoms with E-state index in [9.17, 15) is 14.4 Å². The monoisotopic (exact) mass is 452 g/mol. The average molecular weight is 452 g/mol. The van der Waals surface area contributed by atoms with E-state index in [-0.39, 0.29) is 30.4 Å². The van der Waals surface area contributed by atoms with Crippen molar-refractivity contribution < 1.29 is 19.5 Å². The van der Waals surface area contributed by atoms with Crippen molar-refractivity contribution in [1.82, 2.24) is 25.3 Å². The molecule has 1 atom stereocenters. The van der Waals surface area contributed by atoms with Crippen LogP contribution in [-0.2, 0) is 16.1 Å². The fourth-order valence-corrected chi connectivity index (χ4v) is 3.15. The van der Waals surface area contributed by atoms with Crippen LogP contribution in [0.4, 0.5) is 17.5 Å². The first-order chi connectivity index (χ1) is 15.6. The van der Waals surface area contributed by atoms with Crippen molar-refractivity contribution in [1.29, 1.82) is 0 Å². The molecule has 1 amide bonds. The summed E-state index contributed by atoms with van der Waals surface area (Å²) in [6.45, 7) is 1.72. The molecule has 0 spiro atoms. The van der Waals surface area contributed by atoms with E-state index in [2.05, 4.69) is 25.3 Å². The largest absolute Gasteiger partial charge is 0.481 e. The van der Waals surface area contributed by atoms with E-state index in [0.29, 0.717) is 29.0 Å². The number of Topliss-reactive ketones (excluding diaryl/α,β-unsaturated/α-hetero) is 1. The molecule has 12 heteroatoms. The van der Waals surface area contributed by atoms with Gasteiger partial charge in [-0.3, -0.25) is 14.4 Å². The van der Waals surface area contributed by atoms with Crippen molar-refractivity contribution in [3.05, 3.63) is 41.7 Å². The number of carboxylic acids is 1. The molecule has 2 aromatic heterocycles. The molecular weight excluding hydrogens is 428 g/mol. The molecule has 0 saturated heterocycles. The van der Waals surface area contributed by atoms with Crippen LogP contribution in [0.15, 0.2) is 30.5 Å². The maximum Gasteiger partial charge on any atom is 0.303 e. The Kier molecular flexibility index (Phi) is 6.96. The molecule has 33 heavy (non-hydrogen) atoms. The first kappa shape index (κ1) is 23.3. The standard InChI is InChI=1S/C21H24N8O4/c1-11(30)15(7-8-16(31)32)26-20(33)12-3-5-14(6-4-12)29(2)10-13-9-24-19-17(25-13)18(22)27-21(23)28-19/h3-6,9,15H,7-8,10H2,1-2H3,(H,26,33)(H,31,32)(H4,22,23,24,27,28). The van der Waals surface area contributed by atoms with Gasteiger partial charge in [-0.1, -0.05) is 0 Å². The van der Waals surface area contributed by atoms with Crippen LogP contribution in [0, 0.1) is 0 Å². The van der Waals surface area contributed by atoms with Gasteiger partial charge in [0.15, 0.2) is 22.8 Å². The molecule has 0 aliphatic carbocycles. The Morgan fingerprint density at radius 1 is 1.12 bits per heavy atom. The highest BCUT2D eigenvalue weighted by molar-refractivity contribution is 5.97. The summed E-state index contributed by atoms with van der Waals surface area (Å²) in [5, 5.41) is 11.4. The summed E-state index contributed by atoms with van der Waals surface area (Å²) in [4.78, 5) is 53.4. The van der Waals surface area contributed by atoms with Crippen LogP contribution < -0.4 is 21.7 Å². The van der Waals surface area contributed by atoms with Gasteiger partial charge < -0.3 is 26.8 Å². The number of nitrogen functional groups attached to an aromatic ring is 2. The number of carboxylic acid groups (broad SMARTS) is 1. The van der Waals surface area contributed by atoms with Crippen molar-refractivity contribution in [2.45, 2.75) is 32.4 Å². The molecule has 2 heterocycles. The third kappa shape index (κ3) is 5.87. The Bertz CT molecular complexity index is 1200. The van der Waals surface area contributed by atoms with Gasteiger partial charge in [-0.25, -0.2) is 9.97 Å². The number of nitrogens with two attached hydrogens (primary N) is 2. The van der Waals surface area contributed by atoms with Gasteiger partial charge in [0.2, 0.25) is 5.95 Å². The summed E-state index contributed by atoms with van der Waals surface area (Å²) in [7, 11) is 1.85. The van der Waals surface area contributed by atoms with Crippen LogP contribution >= 0.6 is 0 Å². The van der Waals surface area contributed by atoms with Crippen molar-refractivity contribution >= 4 is 46.3 Å². The zero-order valence-electron chi connectivity index (χ0n) is 18.1. The zero-order valence-corrected chi connectivity index (χ0v) is 18.1. The third-order valence-electron chi connectivity index (χ3n) is 4.91. The maximum absolute atomic E-state index is 12.5. The number of hydrogen-bond donors (Lipinski definition) is 4. The number of amides is 1. The predicted octanol–water partition coefficient (Wildman–Crippen LogP) is 0.773. The smallest absolute Gasteiger partial charge is 0.303 e. The van der Waals surface area contributed by atoms with Crippen molar-refractivity contribution in [2.24, 2.45) is 0 Å². The SMILES string of the molecule is CC(=O)C(CCC(=O)O)NC(=O)c1ccc(N(C)Cc2cnc3nc(N)nc(N)c3n2)cc1. The highest BCUT2D eigenvalue weighted by Crippen LogP contribution is 2.19. The minimum Gasteiger partial charge on any atom is -0.481 e. The predicted molar refractivity (Wildman–Crippen MR) is 121 cm³/mol. The van der Waals surface area contributed by atoms with Crippen LogP contribution in [-0.4, -0.2) is 55.8 Å². The number of aromatic nitrogens is 4.